The Kier molecular flexibility index (Phi) is 2.44. The van der Waals surface area contributed by atoms with Gasteiger partial charge in [0, 0.05) is 13.1 Å². The average molecular weight is 155 g/mol. The summed E-state index contributed by atoms with van der Waals surface area (Å²) < 4.78 is 5.62. The van der Waals surface area contributed by atoms with Gasteiger partial charge in [-0.15, -0.1) is 0 Å². The van der Waals surface area contributed by atoms with Crippen LogP contribution >= 0.6 is 0 Å². The first-order valence-corrected chi connectivity index (χ1v) is 4.82. The highest BCUT2D eigenvalue weighted by Gasteiger charge is 2.24. The van der Waals surface area contributed by atoms with Crippen LogP contribution in [-0.2, 0) is 4.74 Å². The second-order valence-electron chi connectivity index (χ2n) is 3.56. The predicted molar refractivity (Wildman–Crippen MR) is 44.4 cm³/mol. The smallest absolute Gasteiger partial charge is 0.110 e. The van der Waals surface area contributed by atoms with E-state index in [9.17, 15) is 0 Å². The maximum absolute atomic E-state index is 5.62. The van der Waals surface area contributed by atoms with E-state index < -0.39 is 0 Å². The highest BCUT2D eigenvalue weighted by molar-refractivity contribution is 4.71. The van der Waals surface area contributed by atoms with Crippen molar-refractivity contribution in [1.82, 2.24) is 4.90 Å². The molecule has 2 aliphatic rings. The van der Waals surface area contributed by atoms with Gasteiger partial charge in [0.05, 0.1) is 6.61 Å². The Morgan fingerprint density at radius 3 is 2.91 bits per heavy atom. The molecule has 0 spiro atoms. The van der Waals surface area contributed by atoms with Gasteiger partial charge in [0.25, 0.3) is 0 Å². The van der Waals surface area contributed by atoms with Gasteiger partial charge in [-0.3, -0.25) is 4.90 Å². The van der Waals surface area contributed by atoms with Crippen molar-refractivity contribution in [3.8, 4) is 0 Å². The maximum atomic E-state index is 5.62. The minimum atomic E-state index is 0.482. The summed E-state index contributed by atoms with van der Waals surface area (Å²) in [5.74, 6) is 0. The standard InChI is InChI=1S/C9H17NO/c1-2-4-6-10-7-8-11-9(10)5-3-1/h9H,1-8H2. The number of fused-ring (bicyclic) bond motifs is 1. The largest absolute Gasteiger partial charge is 0.362 e. The van der Waals surface area contributed by atoms with Crippen molar-refractivity contribution < 1.29 is 4.74 Å². The molecule has 2 nitrogen and oxygen atoms in total. The zero-order valence-electron chi connectivity index (χ0n) is 7.09. The lowest BCUT2D eigenvalue weighted by atomic mass is 10.1. The Bertz CT molecular complexity index is 113. The van der Waals surface area contributed by atoms with Crippen LogP contribution in [0.4, 0.5) is 0 Å². The quantitative estimate of drug-likeness (QED) is 0.527. The molecule has 1 unspecified atom stereocenters. The molecule has 0 aromatic rings. The second-order valence-corrected chi connectivity index (χ2v) is 3.56. The molecule has 2 aliphatic heterocycles. The lowest BCUT2D eigenvalue weighted by Crippen LogP contribution is -2.32. The van der Waals surface area contributed by atoms with Crippen molar-refractivity contribution in [2.24, 2.45) is 0 Å². The fourth-order valence-corrected chi connectivity index (χ4v) is 2.06. The van der Waals surface area contributed by atoms with Crippen LogP contribution in [0.15, 0.2) is 0 Å². The summed E-state index contributed by atoms with van der Waals surface area (Å²) in [4.78, 5) is 2.50. The molecule has 1 atom stereocenters. The van der Waals surface area contributed by atoms with Crippen LogP contribution in [0.25, 0.3) is 0 Å². The van der Waals surface area contributed by atoms with Crippen LogP contribution in [0, 0.1) is 0 Å². The van der Waals surface area contributed by atoms with Crippen LogP contribution < -0.4 is 0 Å². The number of hydrogen-bond donors (Lipinski definition) is 0. The summed E-state index contributed by atoms with van der Waals surface area (Å²) in [6.45, 7) is 3.40. The first kappa shape index (κ1) is 7.56. The van der Waals surface area contributed by atoms with Crippen LogP contribution in [0.3, 0.4) is 0 Å². The van der Waals surface area contributed by atoms with E-state index >= 15 is 0 Å². The molecule has 0 aromatic carbocycles. The zero-order chi connectivity index (χ0) is 7.52. The molecule has 2 fully saturated rings. The summed E-state index contributed by atoms with van der Waals surface area (Å²) in [6, 6.07) is 0. The average Bonchev–Trinajstić information content (AvgIpc) is 2.35. The Hall–Kier alpha value is -0.0800. The molecule has 0 N–H and O–H groups in total. The lowest BCUT2D eigenvalue weighted by molar-refractivity contribution is 0.0203. The fourth-order valence-electron chi connectivity index (χ4n) is 2.06. The van der Waals surface area contributed by atoms with E-state index in [1.165, 1.54) is 45.2 Å². The third-order valence-electron chi connectivity index (χ3n) is 2.74. The molecular weight excluding hydrogens is 138 g/mol. The fraction of sp³-hybridized carbons (Fsp3) is 1.00. The molecule has 2 heteroatoms. The van der Waals surface area contributed by atoms with E-state index in [4.69, 9.17) is 4.74 Å². The molecule has 0 radical (unpaired) electrons. The summed E-state index contributed by atoms with van der Waals surface area (Å²) in [7, 11) is 0. The van der Waals surface area contributed by atoms with Crippen molar-refractivity contribution in [1.29, 1.82) is 0 Å². The van der Waals surface area contributed by atoms with Gasteiger partial charge in [-0.2, -0.15) is 0 Å². The monoisotopic (exact) mass is 155 g/mol. The first-order valence-electron chi connectivity index (χ1n) is 4.82. The van der Waals surface area contributed by atoms with Crippen LogP contribution in [-0.4, -0.2) is 30.8 Å². The molecule has 64 valence electrons. The van der Waals surface area contributed by atoms with Gasteiger partial charge >= 0.3 is 0 Å². The molecule has 0 aromatic heterocycles. The van der Waals surface area contributed by atoms with Gasteiger partial charge in [0.2, 0.25) is 0 Å². The molecule has 0 saturated carbocycles. The van der Waals surface area contributed by atoms with Gasteiger partial charge < -0.3 is 4.74 Å². The van der Waals surface area contributed by atoms with Gasteiger partial charge in [0.15, 0.2) is 0 Å². The van der Waals surface area contributed by atoms with Crippen LogP contribution in [0.1, 0.15) is 32.1 Å². The first-order chi connectivity index (χ1) is 5.47. The van der Waals surface area contributed by atoms with E-state index in [1.54, 1.807) is 0 Å². The summed E-state index contributed by atoms with van der Waals surface area (Å²) in [5, 5.41) is 0. The summed E-state index contributed by atoms with van der Waals surface area (Å²) >= 11 is 0. The van der Waals surface area contributed by atoms with E-state index in [-0.39, 0.29) is 0 Å². The van der Waals surface area contributed by atoms with Crippen molar-refractivity contribution in [3.05, 3.63) is 0 Å². The van der Waals surface area contributed by atoms with Gasteiger partial charge in [-0.1, -0.05) is 12.8 Å². The molecule has 2 heterocycles. The molecule has 2 saturated heterocycles. The second kappa shape index (κ2) is 3.55. The SMILES string of the molecule is C1CCCN2CCOC2CC1. The number of ether oxygens (including phenoxy) is 1. The molecular formula is C9H17NO. The Labute approximate surface area is 68.5 Å². The van der Waals surface area contributed by atoms with Gasteiger partial charge in [-0.05, 0) is 19.3 Å². The van der Waals surface area contributed by atoms with Gasteiger partial charge in [0.1, 0.15) is 6.23 Å². The number of nitrogens with zero attached hydrogens (tertiary/aromatic N) is 1. The Morgan fingerprint density at radius 1 is 1.00 bits per heavy atom. The Balaban J connectivity index is 1.89. The maximum Gasteiger partial charge on any atom is 0.110 e. The number of rotatable bonds is 0. The molecule has 11 heavy (non-hydrogen) atoms. The summed E-state index contributed by atoms with van der Waals surface area (Å²) in [5.41, 5.74) is 0. The Morgan fingerprint density at radius 2 is 1.91 bits per heavy atom. The molecule has 0 bridgehead atoms. The minimum Gasteiger partial charge on any atom is -0.362 e. The van der Waals surface area contributed by atoms with Crippen LogP contribution in [0.5, 0.6) is 0 Å². The van der Waals surface area contributed by atoms with Crippen molar-refractivity contribution in [3.63, 3.8) is 0 Å². The lowest BCUT2D eigenvalue weighted by Gasteiger charge is -2.24. The molecule has 2 rings (SSSR count). The number of hydrogen-bond acceptors (Lipinski definition) is 2. The predicted octanol–water partition coefficient (Wildman–Crippen LogP) is 1.61. The van der Waals surface area contributed by atoms with Crippen LogP contribution in [0.2, 0.25) is 0 Å². The van der Waals surface area contributed by atoms with E-state index in [1.807, 2.05) is 0 Å². The van der Waals surface area contributed by atoms with Gasteiger partial charge in [-0.25, -0.2) is 0 Å². The normalized spacial score (nSPS) is 34.4. The van der Waals surface area contributed by atoms with E-state index in [0.29, 0.717) is 6.23 Å². The van der Waals surface area contributed by atoms with Crippen molar-refractivity contribution in [2.45, 2.75) is 38.3 Å². The molecule has 0 aliphatic carbocycles. The van der Waals surface area contributed by atoms with Crippen molar-refractivity contribution in [2.75, 3.05) is 19.7 Å². The van der Waals surface area contributed by atoms with E-state index in [0.717, 1.165) is 6.61 Å². The topological polar surface area (TPSA) is 12.5 Å². The minimum absolute atomic E-state index is 0.482. The highest BCUT2D eigenvalue weighted by Crippen LogP contribution is 2.20. The highest BCUT2D eigenvalue weighted by atomic mass is 16.5. The molecule has 0 amide bonds. The third-order valence-corrected chi connectivity index (χ3v) is 2.74. The zero-order valence-corrected chi connectivity index (χ0v) is 7.09. The summed E-state index contributed by atoms with van der Waals surface area (Å²) in [6.07, 6.45) is 7.31. The van der Waals surface area contributed by atoms with E-state index in [2.05, 4.69) is 4.90 Å². The third kappa shape index (κ3) is 1.74. The van der Waals surface area contributed by atoms with Crippen molar-refractivity contribution >= 4 is 0 Å².